The summed E-state index contributed by atoms with van der Waals surface area (Å²) in [5, 5.41) is 7.48. The van der Waals surface area contributed by atoms with Crippen LogP contribution in [0, 0.1) is 5.92 Å². The van der Waals surface area contributed by atoms with Crippen LogP contribution in [0.15, 0.2) is 0 Å². The van der Waals surface area contributed by atoms with Crippen LogP contribution < -0.4 is 5.32 Å². The van der Waals surface area contributed by atoms with Gasteiger partial charge in [0.15, 0.2) is 0 Å². The van der Waals surface area contributed by atoms with Gasteiger partial charge in [-0.25, -0.2) is 0 Å². The molecule has 2 nitrogen and oxygen atoms in total. The van der Waals surface area contributed by atoms with Crippen LogP contribution in [0.25, 0.3) is 5.32 Å². The highest BCUT2D eigenvalue weighted by Gasteiger charge is 2.07. The zero-order chi connectivity index (χ0) is 6.53. The first kappa shape index (κ1) is 7.03. The molecule has 1 N–H and O–H groups in total. The summed E-state index contributed by atoms with van der Waals surface area (Å²) >= 11 is 0. The molecule has 0 spiro atoms. The summed E-state index contributed by atoms with van der Waals surface area (Å²) < 4.78 is 0. The van der Waals surface area contributed by atoms with Gasteiger partial charge in [-0.15, -0.1) is 6.54 Å². The maximum atomic E-state index is 4.12. The fourth-order valence-corrected chi connectivity index (χ4v) is 1.34. The second kappa shape index (κ2) is 3.85. The first-order valence-electron chi connectivity index (χ1n) is 3.70. The van der Waals surface area contributed by atoms with Gasteiger partial charge in [-0.05, 0) is 31.8 Å². The van der Waals surface area contributed by atoms with Crippen LogP contribution >= 0.6 is 0 Å². The number of rotatable bonds is 2. The Morgan fingerprint density at radius 1 is 1.67 bits per heavy atom. The molecule has 0 aromatic rings. The highest BCUT2D eigenvalue weighted by molar-refractivity contribution is 4.80. The largest absolute Gasteiger partial charge is 0.665 e. The van der Waals surface area contributed by atoms with Gasteiger partial charge in [0.05, 0.1) is 0 Å². The van der Waals surface area contributed by atoms with Crippen molar-refractivity contribution < 1.29 is 0 Å². The standard InChI is InChI=1S/C7H15N2/c1-8-5-7-3-2-4-9-6-7/h7,9H,2-6H2,1H3/q-1. The highest BCUT2D eigenvalue weighted by Crippen LogP contribution is 2.10. The summed E-state index contributed by atoms with van der Waals surface area (Å²) in [6.07, 6.45) is 2.70. The summed E-state index contributed by atoms with van der Waals surface area (Å²) in [6.45, 7) is 3.44. The first-order valence-corrected chi connectivity index (χ1v) is 3.70. The molecule has 0 saturated carbocycles. The molecule has 0 aliphatic carbocycles. The minimum atomic E-state index is 0.823. The van der Waals surface area contributed by atoms with Crippen molar-refractivity contribution in [2.45, 2.75) is 12.8 Å². The molecular weight excluding hydrogens is 112 g/mol. The smallest absolute Gasteiger partial charge is 0.00370 e. The molecule has 0 radical (unpaired) electrons. The zero-order valence-electron chi connectivity index (χ0n) is 6.06. The Labute approximate surface area is 57.0 Å². The van der Waals surface area contributed by atoms with Crippen molar-refractivity contribution in [3.63, 3.8) is 0 Å². The number of nitrogens with zero attached hydrogens (tertiary/aromatic N) is 1. The minimum Gasteiger partial charge on any atom is -0.665 e. The van der Waals surface area contributed by atoms with Gasteiger partial charge in [-0.1, -0.05) is 0 Å². The quantitative estimate of drug-likeness (QED) is 0.588. The Bertz CT molecular complexity index is 64.6. The Kier molecular flexibility index (Phi) is 3.01. The number of hydrogen-bond donors (Lipinski definition) is 1. The predicted octanol–water partition coefficient (Wildman–Crippen LogP) is 0.990. The van der Waals surface area contributed by atoms with Gasteiger partial charge in [0.1, 0.15) is 0 Å². The Hall–Kier alpha value is -0.0800. The third-order valence-corrected chi connectivity index (χ3v) is 1.84. The molecule has 54 valence electrons. The average molecular weight is 127 g/mol. The molecule has 1 saturated heterocycles. The monoisotopic (exact) mass is 127 g/mol. The van der Waals surface area contributed by atoms with Crippen molar-refractivity contribution in [3.8, 4) is 0 Å². The molecular formula is C7H15N2-. The van der Waals surface area contributed by atoms with E-state index in [1.54, 1.807) is 0 Å². The summed E-state index contributed by atoms with van der Waals surface area (Å²) in [7, 11) is 1.90. The summed E-state index contributed by atoms with van der Waals surface area (Å²) in [4.78, 5) is 0. The van der Waals surface area contributed by atoms with E-state index < -0.39 is 0 Å². The molecule has 1 heterocycles. The van der Waals surface area contributed by atoms with Gasteiger partial charge in [-0.2, -0.15) is 7.05 Å². The molecule has 2 heteroatoms. The normalized spacial score (nSPS) is 28.3. The van der Waals surface area contributed by atoms with Crippen molar-refractivity contribution in [1.82, 2.24) is 5.32 Å². The van der Waals surface area contributed by atoms with Crippen molar-refractivity contribution >= 4 is 0 Å². The number of hydrogen-bond acceptors (Lipinski definition) is 1. The van der Waals surface area contributed by atoms with E-state index in [2.05, 4.69) is 10.6 Å². The molecule has 1 aliphatic heterocycles. The van der Waals surface area contributed by atoms with Crippen LogP contribution in [0.4, 0.5) is 0 Å². The molecule has 0 aromatic heterocycles. The van der Waals surface area contributed by atoms with Crippen LogP contribution in [0.5, 0.6) is 0 Å². The Morgan fingerprint density at radius 3 is 3.11 bits per heavy atom. The van der Waals surface area contributed by atoms with E-state index in [4.69, 9.17) is 0 Å². The third kappa shape index (κ3) is 2.33. The minimum absolute atomic E-state index is 0.823. The van der Waals surface area contributed by atoms with Gasteiger partial charge >= 0.3 is 0 Å². The van der Waals surface area contributed by atoms with Crippen molar-refractivity contribution in [2.24, 2.45) is 5.92 Å². The van der Waals surface area contributed by atoms with E-state index in [1.807, 2.05) is 7.05 Å². The molecule has 1 fully saturated rings. The van der Waals surface area contributed by atoms with Crippen LogP contribution in [-0.4, -0.2) is 26.7 Å². The molecule has 0 amide bonds. The second-order valence-electron chi connectivity index (χ2n) is 2.71. The van der Waals surface area contributed by atoms with Crippen molar-refractivity contribution in [2.75, 3.05) is 26.7 Å². The molecule has 1 rings (SSSR count). The topological polar surface area (TPSA) is 26.1 Å². The van der Waals surface area contributed by atoms with E-state index >= 15 is 0 Å². The van der Waals surface area contributed by atoms with Crippen molar-refractivity contribution in [1.29, 1.82) is 0 Å². The first-order chi connectivity index (χ1) is 4.43. The van der Waals surface area contributed by atoms with Gasteiger partial charge in [0.2, 0.25) is 0 Å². The maximum absolute atomic E-state index is 4.12. The summed E-state index contributed by atoms with van der Waals surface area (Å²) in [6, 6.07) is 0. The van der Waals surface area contributed by atoms with E-state index in [0.717, 1.165) is 12.5 Å². The van der Waals surface area contributed by atoms with E-state index in [1.165, 1.54) is 25.9 Å². The highest BCUT2D eigenvalue weighted by atomic mass is 14.9. The van der Waals surface area contributed by atoms with Gasteiger partial charge in [-0.3, -0.25) is 0 Å². The van der Waals surface area contributed by atoms with Crippen LogP contribution in [-0.2, 0) is 0 Å². The lowest BCUT2D eigenvalue weighted by Crippen LogP contribution is -2.31. The summed E-state index contributed by atoms with van der Waals surface area (Å²) in [5.41, 5.74) is 0. The van der Waals surface area contributed by atoms with E-state index in [0.29, 0.717) is 0 Å². The lowest BCUT2D eigenvalue weighted by Gasteiger charge is -2.27. The van der Waals surface area contributed by atoms with Gasteiger partial charge in [0.25, 0.3) is 0 Å². The van der Waals surface area contributed by atoms with Crippen LogP contribution in [0.2, 0.25) is 0 Å². The average Bonchev–Trinajstić information content (AvgIpc) is 1.91. The Morgan fingerprint density at radius 2 is 2.56 bits per heavy atom. The molecule has 1 unspecified atom stereocenters. The fraction of sp³-hybridized carbons (Fsp3) is 1.00. The lowest BCUT2D eigenvalue weighted by atomic mass is 10.00. The van der Waals surface area contributed by atoms with E-state index in [-0.39, 0.29) is 0 Å². The predicted molar refractivity (Wildman–Crippen MR) is 39.7 cm³/mol. The van der Waals surface area contributed by atoms with Crippen molar-refractivity contribution in [3.05, 3.63) is 5.32 Å². The SMILES string of the molecule is C[N-]CC1CCCNC1. The molecule has 1 atom stereocenters. The molecule has 9 heavy (non-hydrogen) atoms. The van der Waals surface area contributed by atoms with Gasteiger partial charge in [0, 0.05) is 0 Å². The lowest BCUT2D eigenvalue weighted by molar-refractivity contribution is 0.396. The molecule has 1 aliphatic rings. The Balaban J connectivity index is 2.08. The van der Waals surface area contributed by atoms with E-state index in [9.17, 15) is 0 Å². The number of nitrogens with one attached hydrogen (secondary N) is 1. The molecule has 0 bridgehead atoms. The number of piperidine rings is 1. The maximum Gasteiger partial charge on any atom is -0.00370 e. The van der Waals surface area contributed by atoms with Crippen LogP contribution in [0.3, 0.4) is 0 Å². The zero-order valence-corrected chi connectivity index (χ0v) is 6.06. The van der Waals surface area contributed by atoms with Gasteiger partial charge < -0.3 is 10.6 Å². The molecule has 0 aromatic carbocycles. The third-order valence-electron chi connectivity index (χ3n) is 1.84. The summed E-state index contributed by atoms with van der Waals surface area (Å²) in [5.74, 6) is 0.823. The second-order valence-corrected chi connectivity index (χ2v) is 2.71. The fourth-order valence-electron chi connectivity index (χ4n) is 1.34. The van der Waals surface area contributed by atoms with Crippen LogP contribution in [0.1, 0.15) is 12.8 Å².